The molecule has 0 spiro atoms. The predicted octanol–water partition coefficient (Wildman–Crippen LogP) is 4.03. The first-order valence-corrected chi connectivity index (χ1v) is 12.2. The highest BCUT2D eigenvalue weighted by molar-refractivity contribution is 8.26. The number of ether oxygens (including phenoxy) is 1. The third-order valence-electron chi connectivity index (χ3n) is 5.21. The van der Waals surface area contributed by atoms with E-state index in [2.05, 4.69) is 24.1 Å². The largest absolute Gasteiger partial charge is 0.461 e. The van der Waals surface area contributed by atoms with Crippen LogP contribution >= 0.6 is 24.0 Å². The van der Waals surface area contributed by atoms with Crippen molar-refractivity contribution in [3.63, 3.8) is 0 Å². The normalized spacial score (nSPS) is 14.7. The molecule has 34 heavy (non-hydrogen) atoms. The molecule has 0 atom stereocenters. The van der Waals surface area contributed by atoms with Crippen molar-refractivity contribution in [1.82, 2.24) is 9.80 Å². The van der Waals surface area contributed by atoms with E-state index in [9.17, 15) is 14.4 Å². The van der Waals surface area contributed by atoms with Gasteiger partial charge in [-0.1, -0.05) is 68.2 Å². The van der Waals surface area contributed by atoms with Crippen molar-refractivity contribution in [2.45, 2.75) is 13.8 Å². The van der Waals surface area contributed by atoms with Crippen LogP contribution in [0, 0.1) is 0 Å². The monoisotopic (exact) mass is 497 g/mol. The minimum atomic E-state index is -0.409. The van der Waals surface area contributed by atoms with Gasteiger partial charge in [-0.05, 0) is 49.0 Å². The second-order valence-electron chi connectivity index (χ2n) is 7.47. The zero-order chi connectivity index (χ0) is 24.5. The highest BCUT2D eigenvalue weighted by Crippen LogP contribution is 2.32. The number of nitrogens with zero attached hydrogens (tertiary/aromatic N) is 2. The van der Waals surface area contributed by atoms with Gasteiger partial charge < -0.3 is 15.0 Å². The molecule has 1 aliphatic rings. The molecule has 0 aliphatic carbocycles. The van der Waals surface area contributed by atoms with Crippen molar-refractivity contribution >= 4 is 57.8 Å². The maximum atomic E-state index is 12.7. The molecule has 0 aromatic heterocycles. The number of anilines is 1. The van der Waals surface area contributed by atoms with E-state index in [1.54, 1.807) is 30.3 Å². The Kier molecular flexibility index (Phi) is 9.38. The first-order chi connectivity index (χ1) is 16.4. The van der Waals surface area contributed by atoms with Gasteiger partial charge in [0.25, 0.3) is 5.91 Å². The van der Waals surface area contributed by atoms with E-state index in [1.807, 2.05) is 30.3 Å². The fourth-order valence-electron chi connectivity index (χ4n) is 3.26. The molecule has 2 aromatic carbocycles. The molecule has 1 fully saturated rings. The zero-order valence-electron chi connectivity index (χ0n) is 19.2. The van der Waals surface area contributed by atoms with Gasteiger partial charge in [0, 0.05) is 12.2 Å². The molecule has 2 aromatic rings. The van der Waals surface area contributed by atoms with Gasteiger partial charge in [0.1, 0.15) is 17.5 Å². The fraction of sp³-hybridized carbons (Fsp3) is 0.280. The average Bonchev–Trinajstić information content (AvgIpc) is 3.10. The Morgan fingerprint density at radius 2 is 1.76 bits per heavy atom. The Balaban J connectivity index is 1.52. The molecular formula is C25H27N3O4S2. The van der Waals surface area contributed by atoms with Crippen molar-refractivity contribution in [2.75, 3.05) is 38.1 Å². The lowest BCUT2D eigenvalue weighted by Crippen LogP contribution is -2.36. The van der Waals surface area contributed by atoms with Crippen molar-refractivity contribution in [1.29, 1.82) is 0 Å². The van der Waals surface area contributed by atoms with E-state index in [0.29, 0.717) is 33.6 Å². The van der Waals surface area contributed by atoms with Crippen molar-refractivity contribution in [2.24, 2.45) is 0 Å². The molecule has 7 nitrogen and oxygen atoms in total. The number of thiocarbonyl (C=S) groups is 1. The highest BCUT2D eigenvalue weighted by Gasteiger charge is 2.33. The third-order valence-corrected chi connectivity index (χ3v) is 6.59. The van der Waals surface area contributed by atoms with E-state index in [4.69, 9.17) is 17.0 Å². The minimum absolute atomic E-state index is 0.189. The summed E-state index contributed by atoms with van der Waals surface area (Å²) < 4.78 is 5.65. The lowest BCUT2D eigenvalue weighted by atomic mass is 10.2. The number of hydrogen-bond acceptors (Lipinski definition) is 7. The molecule has 1 heterocycles. The minimum Gasteiger partial charge on any atom is -0.461 e. The Morgan fingerprint density at radius 1 is 1.09 bits per heavy atom. The molecular weight excluding hydrogens is 470 g/mol. The Morgan fingerprint density at radius 3 is 2.41 bits per heavy atom. The van der Waals surface area contributed by atoms with Crippen LogP contribution in [0.15, 0.2) is 59.5 Å². The van der Waals surface area contributed by atoms with Gasteiger partial charge in [0.05, 0.1) is 10.5 Å². The van der Waals surface area contributed by atoms with Gasteiger partial charge >= 0.3 is 5.97 Å². The molecule has 0 radical (unpaired) electrons. The first kappa shape index (κ1) is 25.6. The molecule has 0 unspecified atom stereocenters. The summed E-state index contributed by atoms with van der Waals surface area (Å²) in [6, 6.07) is 15.9. The molecule has 0 saturated carbocycles. The maximum absolute atomic E-state index is 12.7. The molecule has 1 aliphatic heterocycles. The van der Waals surface area contributed by atoms with Crippen LogP contribution in [0.5, 0.6) is 0 Å². The molecule has 0 bridgehead atoms. The summed E-state index contributed by atoms with van der Waals surface area (Å²) in [6.45, 7) is 6.74. The Labute approximate surface area is 209 Å². The summed E-state index contributed by atoms with van der Waals surface area (Å²) in [6.07, 6.45) is 1.76. The number of carbonyl (C=O) groups is 3. The van der Waals surface area contributed by atoms with Gasteiger partial charge in [-0.25, -0.2) is 4.79 Å². The predicted molar refractivity (Wildman–Crippen MR) is 139 cm³/mol. The zero-order valence-corrected chi connectivity index (χ0v) is 20.8. The van der Waals surface area contributed by atoms with Gasteiger partial charge in [0.15, 0.2) is 0 Å². The fourth-order valence-corrected chi connectivity index (χ4v) is 4.52. The summed E-state index contributed by atoms with van der Waals surface area (Å²) in [5, 5.41) is 2.73. The highest BCUT2D eigenvalue weighted by atomic mass is 32.2. The average molecular weight is 498 g/mol. The van der Waals surface area contributed by atoms with Crippen LogP contribution in [-0.2, 0) is 14.3 Å². The number of carbonyl (C=O) groups excluding carboxylic acids is 3. The van der Waals surface area contributed by atoms with Crippen LogP contribution in [0.3, 0.4) is 0 Å². The lowest BCUT2D eigenvalue weighted by molar-refractivity contribution is -0.126. The van der Waals surface area contributed by atoms with Gasteiger partial charge in [-0.3, -0.25) is 14.5 Å². The molecule has 1 saturated heterocycles. The van der Waals surface area contributed by atoms with E-state index in [0.717, 1.165) is 18.7 Å². The lowest BCUT2D eigenvalue weighted by Gasteiger charge is -2.17. The Bertz CT molecular complexity index is 1070. The van der Waals surface area contributed by atoms with Crippen LogP contribution in [-0.4, -0.2) is 64.7 Å². The quantitative estimate of drug-likeness (QED) is 0.302. The maximum Gasteiger partial charge on any atom is 0.338 e. The summed E-state index contributed by atoms with van der Waals surface area (Å²) >= 11 is 6.47. The number of hydrogen-bond donors (Lipinski definition) is 1. The number of benzene rings is 2. The molecule has 2 amide bonds. The number of rotatable bonds is 10. The smallest absolute Gasteiger partial charge is 0.338 e. The summed E-state index contributed by atoms with van der Waals surface area (Å²) in [5.74, 6) is -1.09. The van der Waals surface area contributed by atoms with Crippen LogP contribution in [0.2, 0.25) is 0 Å². The van der Waals surface area contributed by atoms with Gasteiger partial charge in [-0.2, -0.15) is 0 Å². The van der Waals surface area contributed by atoms with Crippen molar-refractivity contribution in [3.05, 3.63) is 70.6 Å². The summed E-state index contributed by atoms with van der Waals surface area (Å²) in [5.41, 5.74) is 1.80. The van der Waals surface area contributed by atoms with E-state index in [1.165, 1.54) is 16.7 Å². The molecule has 3 rings (SSSR count). The number of likely N-dealkylation sites (N-methyl/N-ethyl adjacent to an activating group) is 1. The summed E-state index contributed by atoms with van der Waals surface area (Å²) in [7, 11) is 0. The van der Waals surface area contributed by atoms with E-state index < -0.39 is 5.97 Å². The van der Waals surface area contributed by atoms with Crippen LogP contribution in [0.1, 0.15) is 29.8 Å². The van der Waals surface area contributed by atoms with E-state index in [-0.39, 0.29) is 18.4 Å². The molecule has 9 heteroatoms. The van der Waals surface area contributed by atoms with Crippen LogP contribution in [0.4, 0.5) is 5.69 Å². The van der Waals surface area contributed by atoms with Crippen LogP contribution < -0.4 is 5.32 Å². The van der Waals surface area contributed by atoms with Crippen LogP contribution in [0.25, 0.3) is 6.08 Å². The second-order valence-corrected chi connectivity index (χ2v) is 9.14. The first-order valence-electron chi connectivity index (χ1n) is 11.0. The SMILES string of the molecule is CCN(CC)CCOC(=O)c1ccc(NC(=O)CN2C(=O)/C(=C/c3ccccc3)SC2=S)cc1. The number of amides is 2. The van der Waals surface area contributed by atoms with E-state index >= 15 is 0 Å². The van der Waals surface area contributed by atoms with Gasteiger partial charge in [0.2, 0.25) is 5.91 Å². The number of esters is 1. The number of thioether (sulfide) groups is 1. The van der Waals surface area contributed by atoms with Gasteiger partial charge in [-0.15, -0.1) is 0 Å². The number of nitrogens with one attached hydrogen (secondary N) is 1. The third kappa shape index (κ3) is 6.99. The van der Waals surface area contributed by atoms with Crippen molar-refractivity contribution < 1.29 is 19.1 Å². The van der Waals surface area contributed by atoms with Crippen molar-refractivity contribution in [3.8, 4) is 0 Å². The topological polar surface area (TPSA) is 79.0 Å². The Hall–Kier alpha value is -3.01. The second kappa shape index (κ2) is 12.5. The standard InChI is InChI=1S/C25H27N3O4S2/c1-3-27(4-2)14-15-32-24(31)19-10-12-20(13-11-19)26-22(29)17-28-23(30)21(34-25(28)33)16-18-8-6-5-7-9-18/h5-13,16H,3-4,14-15,17H2,1-2H3,(H,26,29)/b21-16-. The summed E-state index contributed by atoms with van der Waals surface area (Å²) in [4.78, 5) is 41.4. The molecule has 178 valence electrons. The molecule has 1 N–H and O–H groups in total.